The Morgan fingerprint density at radius 1 is 1.00 bits per heavy atom. The fourth-order valence-electron chi connectivity index (χ4n) is 2.98. The van der Waals surface area contributed by atoms with Gasteiger partial charge in [-0.3, -0.25) is 9.59 Å². The molecule has 0 aliphatic rings. The molecule has 1 aromatic heterocycles. The van der Waals surface area contributed by atoms with Crippen molar-refractivity contribution >= 4 is 46.7 Å². The number of para-hydroxylation sites is 1. The summed E-state index contributed by atoms with van der Waals surface area (Å²) < 4.78 is 5.90. The largest absolute Gasteiger partial charge is 0.455 e. The van der Waals surface area contributed by atoms with E-state index in [1.54, 1.807) is 54.6 Å². The van der Waals surface area contributed by atoms with Crippen LogP contribution in [-0.4, -0.2) is 23.5 Å². The lowest BCUT2D eigenvalue weighted by Crippen LogP contribution is -2.17. The standard InChI is InChI=1S/C24H17ClN4O3/c25-23-18(14-27-29-24(31)16-7-3-1-4-8-16)11-17-12-21(26-15-30)22(13-20(17)28-23)32-19-9-5-2-6-10-19/h1-15H,(H,26,30)(H,29,31)/b27-14-. The summed E-state index contributed by atoms with van der Waals surface area (Å²) in [5.41, 5.74) is 4.49. The Labute approximate surface area is 188 Å². The molecule has 0 fully saturated rings. The predicted octanol–water partition coefficient (Wildman–Crippen LogP) is 5.01. The molecule has 0 unspecified atom stereocenters. The van der Waals surface area contributed by atoms with Crippen LogP contribution in [0.15, 0.2) is 84.0 Å². The molecule has 7 nitrogen and oxygen atoms in total. The number of aromatic nitrogens is 1. The fourth-order valence-corrected chi connectivity index (χ4v) is 3.17. The maximum Gasteiger partial charge on any atom is 0.271 e. The van der Waals surface area contributed by atoms with Crippen LogP contribution in [0.4, 0.5) is 5.69 Å². The van der Waals surface area contributed by atoms with E-state index >= 15 is 0 Å². The number of ether oxygens (including phenoxy) is 1. The highest BCUT2D eigenvalue weighted by atomic mass is 35.5. The molecule has 0 spiro atoms. The highest BCUT2D eigenvalue weighted by Gasteiger charge is 2.11. The zero-order valence-electron chi connectivity index (χ0n) is 16.7. The molecule has 0 aliphatic carbocycles. The first kappa shape index (κ1) is 21.0. The number of amides is 2. The van der Waals surface area contributed by atoms with E-state index in [0.717, 1.165) is 0 Å². The number of carbonyl (C=O) groups is 2. The molecule has 0 aliphatic heterocycles. The number of hydrogen-bond donors (Lipinski definition) is 2. The summed E-state index contributed by atoms with van der Waals surface area (Å²) in [4.78, 5) is 27.6. The average Bonchev–Trinajstić information content (AvgIpc) is 2.81. The van der Waals surface area contributed by atoms with Crippen molar-refractivity contribution in [1.29, 1.82) is 0 Å². The minimum atomic E-state index is -0.341. The summed E-state index contributed by atoms with van der Waals surface area (Å²) in [6.07, 6.45) is 1.99. The van der Waals surface area contributed by atoms with E-state index in [2.05, 4.69) is 20.8 Å². The van der Waals surface area contributed by atoms with Crippen molar-refractivity contribution in [2.75, 3.05) is 5.32 Å². The van der Waals surface area contributed by atoms with Crippen LogP contribution in [0.1, 0.15) is 15.9 Å². The van der Waals surface area contributed by atoms with Gasteiger partial charge in [-0.25, -0.2) is 10.4 Å². The lowest BCUT2D eigenvalue weighted by atomic mass is 10.1. The van der Waals surface area contributed by atoms with Crippen LogP contribution in [0.25, 0.3) is 10.9 Å². The molecule has 0 radical (unpaired) electrons. The Balaban J connectivity index is 1.61. The number of halogens is 1. The van der Waals surface area contributed by atoms with Gasteiger partial charge in [0.25, 0.3) is 5.91 Å². The van der Waals surface area contributed by atoms with E-state index in [1.165, 1.54) is 6.21 Å². The molecule has 158 valence electrons. The number of carbonyl (C=O) groups excluding carboxylic acids is 2. The number of fused-ring (bicyclic) bond motifs is 1. The molecule has 0 bridgehead atoms. The van der Waals surface area contributed by atoms with Crippen molar-refractivity contribution in [3.63, 3.8) is 0 Å². The van der Waals surface area contributed by atoms with Crippen LogP contribution in [-0.2, 0) is 4.79 Å². The lowest BCUT2D eigenvalue weighted by Gasteiger charge is -2.12. The Hall–Kier alpha value is -4.23. The summed E-state index contributed by atoms with van der Waals surface area (Å²) in [6, 6.07) is 23.1. The SMILES string of the molecule is O=CNc1cc2cc(/C=N\NC(=O)c3ccccc3)c(Cl)nc2cc1Oc1ccccc1. The molecule has 32 heavy (non-hydrogen) atoms. The van der Waals surface area contributed by atoms with Gasteiger partial charge in [-0.05, 0) is 36.4 Å². The van der Waals surface area contributed by atoms with Gasteiger partial charge in [0, 0.05) is 22.6 Å². The Morgan fingerprint density at radius 2 is 1.72 bits per heavy atom. The second-order valence-corrected chi connectivity index (χ2v) is 7.01. The van der Waals surface area contributed by atoms with E-state index in [-0.39, 0.29) is 11.1 Å². The summed E-state index contributed by atoms with van der Waals surface area (Å²) in [7, 11) is 0. The van der Waals surface area contributed by atoms with Crippen LogP contribution in [0, 0.1) is 0 Å². The molecule has 4 rings (SSSR count). The van der Waals surface area contributed by atoms with E-state index < -0.39 is 0 Å². The third kappa shape index (κ3) is 4.91. The third-order valence-corrected chi connectivity index (χ3v) is 4.79. The highest BCUT2D eigenvalue weighted by Crippen LogP contribution is 2.34. The second kappa shape index (κ2) is 9.72. The molecule has 2 N–H and O–H groups in total. The molecule has 8 heteroatoms. The topological polar surface area (TPSA) is 92.7 Å². The Morgan fingerprint density at radius 3 is 2.44 bits per heavy atom. The van der Waals surface area contributed by atoms with E-state index in [0.29, 0.717) is 45.6 Å². The molecule has 0 saturated carbocycles. The molecule has 1 heterocycles. The van der Waals surface area contributed by atoms with Gasteiger partial charge < -0.3 is 10.1 Å². The molecular weight excluding hydrogens is 428 g/mol. The number of hydrazone groups is 1. The van der Waals surface area contributed by atoms with E-state index in [4.69, 9.17) is 16.3 Å². The molecular formula is C24H17ClN4O3. The molecule has 3 aromatic carbocycles. The van der Waals surface area contributed by atoms with Crippen LogP contribution < -0.4 is 15.5 Å². The second-order valence-electron chi connectivity index (χ2n) is 6.65. The number of nitrogens with one attached hydrogen (secondary N) is 2. The van der Waals surface area contributed by atoms with Crippen molar-refractivity contribution in [3.05, 3.63) is 95.1 Å². The van der Waals surface area contributed by atoms with E-state index in [1.807, 2.05) is 24.3 Å². The normalized spacial score (nSPS) is 10.8. The van der Waals surface area contributed by atoms with Crippen molar-refractivity contribution in [1.82, 2.24) is 10.4 Å². The van der Waals surface area contributed by atoms with Gasteiger partial charge in [0.2, 0.25) is 6.41 Å². The van der Waals surface area contributed by atoms with Crippen molar-refractivity contribution < 1.29 is 14.3 Å². The zero-order valence-corrected chi connectivity index (χ0v) is 17.4. The highest BCUT2D eigenvalue weighted by molar-refractivity contribution is 6.32. The van der Waals surface area contributed by atoms with Crippen molar-refractivity contribution in [2.24, 2.45) is 5.10 Å². The lowest BCUT2D eigenvalue weighted by molar-refractivity contribution is -0.105. The van der Waals surface area contributed by atoms with Crippen LogP contribution in [0.2, 0.25) is 5.15 Å². The maximum absolute atomic E-state index is 12.1. The van der Waals surface area contributed by atoms with Gasteiger partial charge in [-0.15, -0.1) is 0 Å². The molecule has 2 amide bonds. The maximum atomic E-state index is 12.1. The van der Waals surface area contributed by atoms with Crippen LogP contribution >= 0.6 is 11.6 Å². The fraction of sp³-hybridized carbons (Fsp3) is 0. The number of anilines is 1. The van der Waals surface area contributed by atoms with Gasteiger partial charge >= 0.3 is 0 Å². The number of pyridine rings is 1. The average molecular weight is 445 g/mol. The Kier molecular flexibility index (Phi) is 6.38. The quantitative estimate of drug-likeness (QED) is 0.181. The van der Waals surface area contributed by atoms with Gasteiger partial charge in [0.15, 0.2) is 5.75 Å². The molecule has 0 saturated heterocycles. The first-order valence-electron chi connectivity index (χ1n) is 9.60. The Bertz CT molecular complexity index is 1300. The van der Waals surface area contributed by atoms with Crippen LogP contribution in [0.5, 0.6) is 11.5 Å². The van der Waals surface area contributed by atoms with Gasteiger partial charge in [-0.1, -0.05) is 48.0 Å². The first-order chi connectivity index (χ1) is 15.6. The summed E-state index contributed by atoms with van der Waals surface area (Å²) in [6.45, 7) is 0. The van der Waals surface area contributed by atoms with Gasteiger partial charge in [0.05, 0.1) is 17.4 Å². The predicted molar refractivity (Wildman–Crippen MR) is 124 cm³/mol. The number of benzene rings is 3. The minimum absolute atomic E-state index is 0.206. The van der Waals surface area contributed by atoms with E-state index in [9.17, 15) is 9.59 Å². The third-order valence-electron chi connectivity index (χ3n) is 4.49. The van der Waals surface area contributed by atoms with Crippen LogP contribution in [0.3, 0.4) is 0 Å². The van der Waals surface area contributed by atoms with Gasteiger partial charge in [0.1, 0.15) is 10.9 Å². The molecule has 4 aromatic rings. The minimum Gasteiger partial charge on any atom is -0.455 e. The number of hydrogen-bond acceptors (Lipinski definition) is 5. The summed E-state index contributed by atoms with van der Waals surface area (Å²) in [5.74, 6) is 0.701. The first-order valence-corrected chi connectivity index (χ1v) is 9.97. The number of rotatable bonds is 7. The summed E-state index contributed by atoms with van der Waals surface area (Å²) >= 11 is 6.32. The monoisotopic (exact) mass is 444 g/mol. The molecule has 0 atom stereocenters. The van der Waals surface area contributed by atoms with Crippen molar-refractivity contribution in [3.8, 4) is 11.5 Å². The smallest absolute Gasteiger partial charge is 0.271 e. The zero-order chi connectivity index (χ0) is 22.3. The van der Waals surface area contributed by atoms with Gasteiger partial charge in [-0.2, -0.15) is 5.10 Å². The van der Waals surface area contributed by atoms with Crippen molar-refractivity contribution in [2.45, 2.75) is 0 Å². The number of nitrogens with zero attached hydrogens (tertiary/aromatic N) is 2. The summed E-state index contributed by atoms with van der Waals surface area (Å²) in [5, 5.41) is 7.52.